The molecule has 2 rings (SSSR count). The molecule has 1 heterocycles. The van der Waals surface area contributed by atoms with E-state index in [4.69, 9.17) is 5.11 Å². The third-order valence-corrected chi connectivity index (χ3v) is 2.17. The van der Waals surface area contributed by atoms with Gasteiger partial charge in [-0.05, 0) is 24.3 Å². The van der Waals surface area contributed by atoms with Crippen molar-refractivity contribution in [1.82, 2.24) is 9.55 Å². The van der Waals surface area contributed by atoms with Crippen molar-refractivity contribution in [3.8, 4) is 11.4 Å². The van der Waals surface area contributed by atoms with Crippen LogP contribution in [0.15, 0.2) is 36.8 Å². The van der Waals surface area contributed by atoms with E-state index in [-0.39, 0.29) is 11.4 Å². The first-order valence-corrected chi connectivity index (χ1v) is 4.98. The van der Waals surface area contributed by atoms with E-state index < -0.39 is 12.3 Å². The van der Waals surface area contributed by atoms with E-state index in [2.05, 4.69) is 9.72 Å². The molecular weight excluding hydrogens is 265 g/mol. The Balaban J connectivity index is 2.20. The summed E-state index contributed by atoms with van der Waals surface area (Å²) in [6.45, 7) is 0. The predicted molar refractivity (Wildman–Crippen MR) is 57.2 cm³/mol. The topological polar surface area (TPSA) is 64.3 Å². The van der Waals surface area contributed by atoms with Crippen molar-refractivity contribution in [3.05, 3.63) is 42.5 Å². The molecule has 0 aliphatic heterocycles. The quantitative estimate of drug-likeness (QED) is 0.932. The minimum absolute atomic E-state index is 0.157. The highest BCUT2D eigenvalue weighted by molar-refractivity contribution is 5.85. The van der Waals surface area contributed by atoms with E-state index in [0.29, 0.717) is 5.69 Å². The number of rotatable bonds is 3. The van der Waals surface area contributed by atoms with E-state index in [1.165, 1.54) is 29.2 Å². The Hall–Kier alpha value is -2.51. The molecule has 0 saturated carbocycles. The van der Waals surface area contributed by atoms with Crippen LogP contribution in [0.2, 0.25) is 0 Å². The molecule has 1 aromatic carbocycles. The molecule has 1 N–H and O–H groups in total. The van der Waals surface area contributed by atoms with Gasteiger partial charge >= 0.3 is 12.3 Å². The SMILES string of the molecule is O=C(O)c1cn(-c2ccc(OC(F)(F)F)cc2)cn1. The van der Waals surface area contributed by atoms with E-state index in [9.17, 15) is 18.0 Å². The van der Waals surface area contributed by atoms with Crippen LogP contribution in [0, 0.1) is 0 Å². The summed E-state index contributed by atoms with van der Waals surface area (Å²) >= 11 is 0. The number of carboxylic acid groups (broad SMARTS) is 1. The molecule has 0 atom stereocenters. The van der Waals surface area contributed by atoms with Gasteiger partial charge in [0.25, 0.3) is 0 Å². The van der Waals surface area contributed by atoms with Crippen LogP contribution in [0.1, 0.15) is 10.5 Å². The number of ether oxygens (including phenoxy) is 1. The second kappa shape index (κ2) is 4.63. The molecule has 0 fully saturated rings. The third kappa shape index (κ3) is 3.24. The van der Waals surface area contributed by atoms with Crippen molar-refractivity contribution in [3.63, 3.8) is 0 Å². The summed E-state index contributed by atoms with van der Waals surface area (Å²) in [7, 11) is 0. The van der Waals surface area contributed by atoms with Gasteiger partial charge in [-0.25, -0.2) is 9.78 Å². The molecule has 19 heavy (non-hydrogen) atoms. The lowest BCUT2D eigenvalue weighted by molar-refractivity contribution is -0.274. The van der Waals surface area contributed by atoms with Gasteiger partial charge in [-0.3, -0.25) is 0 Å². The van der Waals surface area contributed by atoms with Gasteiger partial charge in [-0.1, -0.05) is 0 Å². The van der Waals surface area contributed by atoms with Gasteiger partial charge in [0, 0.05) is 11.9 Å². The standard InChI is InChI=1S/C11H7F3N2O3/c12-11(13,14)19-8-3-1-7(2-4-8)16-5-9(10(17)18)15-6-16/h1-6H,(H,17,18). The van der Waals surface area contributed by atoms with E-state index in [1.54, 1.807) is 0 Å². The number of aromatic nitrogens is 2. The van der Waals surface area contributed by atoms with Gasteiger partial charge in [-0.15, -0.1) is 13.2 Å². The molecule has 0 aliphatic carbocycles. The number of hydrogen-bond acceptors (Lipinski definition) is 3. The number of carbonyl (C=O) groups is 1. The highest BCUT2D eigenvalue weighted by Gasteiger charge is 2.30. The van der Waals surface area contributed by atoms with Crippen molar-refractivity contribution < 1.29 is 27.8 Å². The normalized spacial score (nSPS) is 11.3. The largest absolute Gasteiger partial charge is 0.573 e. The van der Waals surface area contributed by atoms with Gasteiger partial charge in [-0.2, -0.15) is 0 Å². The average Bonchev–Trinajstić information content (AvgIpc) is 2.77. The number of aromatic carboxylic acids is 1. The number of halogens is 3. The zero-order valence-electron chi connectivity index (χ0n) is 9.26. The number of imidazole rings is 1. The number of hydrogen-bond donors (Lipinski definition) is 1. The van der Waals surface area contributed by atoms with Crippen LogP contribution in [0.3, 0.4) is 0 Å². The summed E-state index contributed by atoms with van der Waals surface area (Å²) in [5, 5.41) is 8.70. The van der Waals surface area contributed by atoms with E-state index >= 15 is 0 Å². The zero-order chi connectivity index (χ0) is 14.0. The minimum Gasteiger partial charge on any atom is -0.476 e. The fraction of sp³-hybridized carbons (Fsp3) is 0.0909. The first-order chi connectivity index (χ1) is 8.85. The van der Waals surface area contributed by atoms with Crippen LogP contribution in [0.4, 0.5) is 13.2 Å². The van der Waals surface area contributed by atoms with Crippen molar-refractivity contribution in [2.24, 2.45) is 0 Å². The second-order valence-electron chi connectivity index (χ2n) is 3.51. The molecule has 0 bridgehead atoms. The lowest BCUT2D eigenvalue weighted by atomic mass is 10.3. The highest BCUT2D eigenvalue weighted by Crippen LogP contribution is 2.23. The summed E-state index contributed by atoms with van der Waals surface area (Å²) in [5.41, 5.74) is 0.310. The summed E-state index contributed by atoms with van der Waals surface area (Å²) in [5.74, 6) is -1.54. The van der Waals surface area contributed by atoms with Gasteiger partial charge in [0.05, 0.1) is 0 Å². The van der Waals surface area contributed by atoms with Crippen molar-refractivity contribution in [1.29, 1.82) is 0 Å². The molecule has 0 saturated heterocycles. The monoisotopic (exact) mass is 272 g/mol. The molecular formula is C11H7F3N2O3. The van der Waals surface area contributed by atoms with Crippen molar-refractivity contribution in [2.45, 2.75) is 6.36 Å². The predicted octanol–water partition coefficient (Wildman–Crippen LogP) is 2.47. The van der Waals surface area contributed by atoms with Crippen LogP contribution in [-0.4, -0.2) is 27.0 Å². The zero-order valence-corrected chi connectivity index (χ0v) is 9.26. The van der Waals surface area contributed by atoms with Crippen molar-refractivity contribution in [2.75, 3.05) is 0 Å². The first kappa shape index (κ1) is 12.9. The van der Waals surface area contributed by atoms with Crippen LogP contribution < -0.4 is 4.74 Å². The number of nitrogens with zero attached hydrogens (tertiary/aromatic N) is 2. The lowest BCUT2D eigenvalue weighted by Gasteiger charge is -2.09. The van der Waals surface area contributed by atoms with Gasteiger partial charge in [0.1, 0.15) is 12.1 Å². The first-order valence-electron chi connectivity index (χ1n) is 4.98. The molecule has 0 spiro atoms. The maximum atomic E-state index is 12.0. The Bertz CT molecular complexity index is 590. The van der Waals surface area contributed by atoms with Crippen molar-refractivity contribution >= 4 is 5.97 Å². The van der Waals surface area contributed by atoms with Crippen LogP contribution in [0.5, 0.6) is 5.75 Å². The molecule has 100 valence electrons. The molecule has 5 nitrogen and oxygen atoms in total. The fourth-order valence-corrected chi connectivity index (χ4v) is 1.39. The van der Waals surface area contributed by atoms with Gasteiger partial charge in [0.15, 0.2) is 5.69 Å². The van der Waals surface area contributed by atoms with E-state index in [0.717, 1.165) is 12.1 Å². The smallest absolute Gasteiger partial charge is 0.476 e. The van der Waals surface area contributed by atoms with Gasteiger partial charge < -0.3 is 14.4 Å². The summed E-state index contributed by atoms with van der Waals surface area (Å²) < 4.78 is 41.0. The summed E-state index contributed by atoms with van der Waals surface area (Å²) in [4.78, 5) is 14.3. The maximum Gasteiger partial charge on any atom is 0.573 e. The van der Waals surface area contributed by atoms with Crippen LogP contribution in [0.25, 0.3) is 5.69 Å². The molecule has 1 aromatic heterocycles. The number of carboxylic acids is 1. The maximum absolute atomic E-state index is 12.0. The minimum atomic E-state index is -4.74. The molecule has 8 heteroatoms. The average molecular weight is 272 g/mol. The highest BCUT2D eigenvalue weighted by atomic mass is 19.4. The summed E-state index contributed by atoms with van der Waals surface area (Å²) in [6.07, 6.45) is -2.24. The second-order valence-corrected chi connectivity index (χ2v) is 3.51. The molecule has 0 amide bonds. The molecule has 0 radical (unpaired) electrons. The number of benzene rings is 1. The third-order valence-electron chi connectivity index (χ3n) is 2.17. The molecule has 0 aliphatic rings. The van der Waals surface area contributed by atoms with E-state index in [1.807, 2.05) is 0 Å². The number of alkyl halides is 3. The Morgan fingerprint density at radius 1 is 1.26 bits per heavy atom. The summed E-state index contributed by atoms with van der Waals surface area (Å²) in [6, 6.07) is 4.97. The lowest BCUT2D eigenvalue weighted by Crippen LogP contribution is -2.17. The van der Waals surface area contributed by atoms with Gasteiger partial charge in [0.2, 0.25) is 0 Å². The van der Waals surface area contributed by atoms with Crippen LogP contribution in [-0.2, 0) is 0 Å². The van der Waals surface area contributed by atoms with Crippen LogP contribution >= 0.6 is 0 Å². The fourth-order valence-electron chi connectivity index (χ4n) is 1.39. The Kier molecular flexibility index (Phi) is 3.16. The Morgan fingerprint density at radius 2 is 1.89 bits per heavy atom. The molecule has 0 unspecified atom stereocenters. The Labute approximate surface area is 104 Å². The molecule has 2 aromatic rings. The Morgan fingerprint density at radius 3 is 2.37 bits per heavy atom.